The summed E-state index contributed by atoms with van der Waals surface area (Å²) in [7, 11) is 2.21. The van der Waals surface area contributed by atoms with Gasteiger partial charge in [0, 0.05) is 38.3 Å². The van der Waals surface area contributed by atoms with Crippen LogP contribution in [0, 0.1) is 5.41 Å². The van der Waals surface area contributed by atoms with Gasteiger partial charge in [0.2, 0.25) is 0 Å². The molecule has 108 valence electrons. The molecular weight excluding hydrogens is 222 g/mol. The van der Waals surface area contributed by atoms with Crippen molar-refractivity contribution in [3.63, 3.8) is 0 Å². The van der Waals surface area contributed by atoms with Crippen molar-refractivity contribution in [2.75, 3.05) is 46.3 Å². The first-order valence-corrected chi connectivity index (χ1v) is 7.35. The summed E-state index contributed by atoms with van der Waals surface area (Å²) in [5, 5.41) is 3.64. The van der Waals surface area contributed by atoms with Gasteiger partial charge in [0.1, 0.15) is 0 Å². The van der Waals surface area contributed by atoms with Crippen LogP contribution in [-0.4, -0.2) is 61.7 Å². The molecule has 1 N–H and O–H groups in total. The van der Waals surface area contributed by atoms with Crippen molar-refractivity contribution in [1.29, 1.82) is 0 Å². The second-order valence-electron chi connectivity index (χ2n) is 7.59. The SMILES string of the molecule is CN1CCN(C(C)(C)CNCCC(C)(C)C)CC1. The van der Waals surface area contributed by atoms with Crippen molar-refractivity contribution in [3.05, 3.63) is 0 Å². The molecule has 0 atom stereocenters. The summed E-state index contributed by atoms with van der Waals surface area (Å²) in [6, 6.07) is 0. The Balaban J connectivity index is 2.26. The van der Waals surface area contributed by atoms with E-state index in [1.807, 2.05) is 0 Å². The van der Waals surface area contributed by atoms with Gasteiger partial charge in [0.25, 0.3) is 0 Å². The lowest BCUT2D eigenvalue weighted by molar-refractivity contribution is 0.0616. The van der Waals surface area contributed by atoms with Crippen LogP contribution in [0.5, 0.6) is 0 Å². The first kappa shape index (κ1) is 15.9. The molecule has 1 saturated heterocycles. The minimum atomic E-state index is 0.277. The van der Waals surface area contributed by atoms with Crippen molar-refractivity contribution in [3.8, 4) is 0 Å². The Kier molecular flexibility index (Phi) is 5.63. The van der Waals surface area contributed by atoms with Crippen molar-refractivity contribution in [2.24, 2.45) is 5.41 Å². The highest BCUT2D eigenvalue weighted by Gasteiger charge is 2.28. The molecule has 18 heavy (non-hydrogen) atoms. The summed E-state index contributed by atoms with van der Waals surface area (Å²) >= 11 is 0. The Labute approximate surface area is 114 Å². The smallest absolute Gasteiger partial charge is 0.0278 e. The normalized spacial score (nSPS) is 20.3. The number of hydrogen-bond donors (Lipinski definition) is 1. The van der Waals surface area contributed by atoms with Crippen LogP contribution in [0.25, 0.3) is 0 Å². The van der Waals surface area contributed by atoms with E-state index in [4.69, 9.17) is 0 Å². The summed E-state index contributed by atoms with van der Waals surface area (Å²) in [6.07, 6.45) is 1.24. The third kappa shape index (κ3) is 5.68. The van der Waals surface area contributed by atoms with Gasteiger partial charge >= 0.3 is 0 Å². The van der Waals surface area contributed by atoms with Gasteiger partial charge in [-0.25, -0.2) is 0 Å². The predicted octanol–water partition coefficient (Wildman–Crippen LogP) is 2.04. The first-order valence-electron chi connectivity index (χ1n) is 7.35. The number of rotatable bonds is 5. The fraction of sp³-hybridized carbons (Fsp3) is 1.00. The zero-order chi connectivity index (χ0) is 13.8. The van der Waals surface area contributed by atoms with Gasteiger partial charge in [-0.3, -0.25) is 4.90 Å². The highest BCUT2D eigenvalue weighted by Crippen LogP contribution is 2.18. The highest BCUT2D eigenvalue weighted by atomic mass is 15.3. The maximum Gasteiger partial charge on any atom is 0.0278 e. The Morgan fingerprint density at radius 3 is 2.00 bits per heavy atom. The lowest BCUT2D eigenvalue weighted by Gasteiger charge is -2.43. The van der Waals surface area contributed by atoms with E-state index in [1.54, 1.807) is 0 Å². The van der Waals surface area contributed by atoms with Crippen molar-refractivity contribution in [1.82, 2.24) is 15.1 Å². The van der Waals surface area contributed by atoms with Crippen LogP contribution in [0.15, 0.2) is 0 Å². The summed E-state index contributed by atoms with van der Waals surface area (Å²) in [6.45, 7) is 18.7. The molecule has 3 heteroatoms. The van der Waals surface area contributed by atoms with E-state index in [9.17, 15) is 0 Å². The van der Waals surface area contributed by atoms with Gasteiger partial charge in [0.05, 0.1) is 0 Å². The molecule has 3 nitrogen and oxygen atoms in total. The Morgan fingerprint density at radius 1 is 0.944 bits per heavy atom. The van der Waals surface area contributed by atoms with Crippen LogP contribution < -0.4 is 5.32 Å². The second-order valence-corrected chi connectivity index (χ2v) is 7.59. The fourth-order valence-electron chi connectivity index (χ4n) is 2.38. The molecule has 0 unspecified atom stereocenters. The van der Waals surface area contributed by atoms with Crippen molar-refractivity contribution in [2.45, 2.75) is 46.6 Å². The molecule has 0 aromatic rings. The molecule has 0 spiro atoms. The lowest BCUT2D eigenvalue weighted by atomic mass is 9.92. The van der Waals surface area contributed by atoms with Crippen molar-refractivity contribution < 1.29 is 0 Å². The monoisotopic (exact) mass is 255 g/mol. The lowest BCUT2D eigenvalue weighted by Crippen LogP contribution is -2.57. The van der Waals surface area contributed by atoms with Crippen LogP contribution in [0.4, 0.5) is 0 Å². The molecule has 0 amide bonds. The molecule has 0 saturated carbocycles. The summed E-state index contributed by atoms with van der Waals surface area (Å²) in [4.78, 5) is 5.04. The van der Waals surface area contributed by atoms with E-state index < -0.39 is 0 Å². The largest absolute Gasteiger partial charge is 0.315 e. The average Bonchev–Trinajstić information content (AvgIpc) is 2.24. The number of hydrogen-bond acceptors (Lipinski definition) is 3. The number of piperazine rings is 1. The standard InChI is InChI=1S/C15H33N3/c1-14(2,3)7-8-16-13-15(4,5)18-11-9-17(6)10-12-18/h16H,7-13H2,1-6H3. The molecule has 0 aromatic carbocycles. The quantitative estimate of drug-likeness (QED) is 0.759. The third-order valence-corrected chi connectivity index (χ3v) is 3.97. The topological polar surface area (TPSA) is 18.5 Å². The minimum absolute atomic E-state index is 0.277. The maximum atomic E-state index is 3.64. The zero-order valence-corrected chi connectivity index (χ0v) is 13.3. The van der Waals surface area contributed by atoms with E-state index in [0.717, 1.165) is 13.1 Å². The second kappa shape index (κ2) is 6.36. The predicted molar refractivity (Wildman–Crippen MR) is 80.1 cm³/mol. The van der Waals surface area contributed by atoms with Gasteiger partial charge in [-0.05, 0) is 39.3 Å². The van der Waals surface area contributed by atoms with Crippen LogP contribution in [0.1, 0.15) is 41.0 Å². The maximum absolute atomic E-state index is 3.64. The molecule has 0 aromatic heterocycles. The molecule has 1 aliphatic heterocycles. The number of nitrogens with one attached hydrogen (secondary N) is 1. The number of nitrogens with zero attached hydrogens (tertiary/aromatic N) is 2. The average molecular weight is 255 g/mol. The number of likely N-dealkylation sites (N-methyl/N-ethyl adjacent to an activating group) is 1. The van der Waals surface area contributed by atoms with Crippen LogP contribution in [0.2, 0.25) is 0 Å². The molecule has 1 aliphatic rings. The van der Waals surface area contributed by atoms with Gasteiger partial charge < -0.3 is 10.2 Å². The summed E-state index contributed by atoms with van der Waals surface area (Å²) in [5.74, 6) is 0. The van der Waals surface area contributed by atoms with E-state index in [0.29, 0.717) is 5.41 Å². The molecule has 1 rings (SSSR count). The summed E-state index contributed by atoms with van der Waals surface area (Å²) in [5.41, 5.74) is 0.712. The molecule has 1 fully saturated rings. The molecule has 0 bridgehead atoms. The van der Waals surface area contributed by atoms with Gasteiger partial charge in [-0.15, -0.1) is 0 Å². The molecule has 0 aliphatic carbocycles. The Bertz CT molecular complexity index is 235. The zero-order valence-electron chi connectivity index (χ0n) is 13.3. The highest BCUT2D eigenvalue weighted by molar-refractivity contribution is 4.87. The third-order valence-electron chi connectivity index (χ3n) is 3.97. The van der Waals surface area contributed by atoms with E-state index in [1.165, 1.54) is 32.6 Å². The minimum Gasteiger partial charge on any atom is -0.315 e. The first-order chi connectivity index (χ1) is 8.21. The Morgan fingerprint density at radius 2 is 1.50 bits per heavy atom. The van der Waals surface area contributed by atoms with E-state index in [2.05, 4.69) is 56.8 Å². The van der Waals surface area contributed by atoms with E-state index in [-0.39, 0.29) is 5.54 Å². The fourth-order valence-corrected chi connectivity index (χ4v) is 2.38. The molecule has 0 radical (unpaired) electrons. The van der Waals surface area contributed by atoms with Crippen LogP contribution >= 0.6 is 0 Å². The summed E-state index contributed by atoms with van der Waals surface area (Å²) < 4.78 is 0. The van der Waals surface area contributed by atoms with Gasteiger partial charge in [-0.1, -0.05) is 20.8 Å². The van der Waals surface area contributed by atoms with Crippen LogP contribution in [-0.2, 0) is 0 Å². The van der Waals surface area contributed by atoms with Crippen LogP contribution in [0.3, 0.4) is 0 Å². The van der Waals surface area contributed by atoms with Gasteiger partial charge in [0.15, 0.2) is 0 Å². The van der Waals surface area contributed by atoms with Crippen molar-refractivity contribution >= 4 is 0 Å². The molecule has 1 heterocycles. The van der Waals surface area contributed by atoms with E-state index >= 15 is 0 Å². The molecular formula is C15H33N3. The Hall–Kier alpha value is -0.120. The van der Waals surface area contributed by atoms with Gasteiger partial charge in [-0.2, -0.15) is 0 Å².